The van der Waals surface area contributed by atoms with Crippen molar-refractivity contribution in [3.63, 3.8) is 0 Å². The molecule has 7 heteroatoms. The van der Waals surface area contributed by atoms with E-state index in [2.05, 4.69) is 48.5 Å². The van der Waals surface area contributed by atoms with Crippen molar-refractivity contribution in [2.45, 2.75) is 44.5 Å². The predicted octanol–water partition coefficient (Wildman–Crippen LogP) is 3.85. The van der Waals surface area contributed by atoms with Gasteiger partial charge in [-0.1, -0.05) is 19.1 Å². The van der Waals surface area contributed by atoms with Crippen molar-refractivity contribution in [1.82, 2.24) is 10.6 Å². The zero-order valence-electron chi connectivity index (χ0n) is 16.9. The number of nitrogens with zero attached hydrogens (tertiary/aromatic N) is 1. The predicted molar refractivity (Wildman–Crippen MR) is 127 cm³/mol. The molecule has 0 aromatic heterocycles. The fourth-order valence-corrected chi connectivity index (χ4v) is 4.33. The molecule has 1 heterocycles. The van der Waals surface area contributed by atoms with E-state index in [0.717, 1.165) is 50.1 Å². The molecule has 1 fully saturated rings. The molecule has 0 aliphatic carbocycles. The Hall–Kier alpha value is -0.670. The first-order valence-electron chi connectivity index (χ1n) is 9.46. The zero-order valence-corrected chi connectivity index (χ0v) is 20.1. The molecule has 5 nitrogen and oxygen atoms in total. The number of aliphatic imine (C=N–C) groups is 1. The Bertz CT molecular complexity index is 575. The minimum Gasteiger partial charge on any atom is -0.489 e. The third-order valence-electron chi connectivity index (χ3n) is 4.54. The van der Waals surface area contributed by atoms with Crippen molar-refractivity contribution in [2.24, 2.45) is 4.99 Å². The lowest BCUT2D eigenvalue weighted by Crippen LogP contribution is -2.49. The lowest BCUT2D eigenvalue weighted by molar-refractivity contribution is 0.0782. The van der Waals surface area contributed by atoms with Crippen LogP contribution in [0.5, 0.6) is 5.75 Å². The van der Waals surface area contributed by atoms with Crippen LogP contribution < -0.4 is 15.4 Å². The molecule has 1 aromatic carbocycles. The first kappa shape index (κ1) is 24.4. The molecular weight excluding hydrogens is 473 g/mol. The fraction of sp³-hybridized carbons (Fsp3) is 0.650. The smallest absolute Gasteiger partial charge is 0.191 e. The summed E-state index contributed by atoms with van der Waals surface area (Å²) in [6.45, 7) is 9.66. The van der Waals surface area contributed by atoms with Gasteiger partial charge in [-0.3, -0.25) is 4.99 Å². The van der Waals surface area contributed by atoms with E-state index in [4.69, 9.17) is 9.47 Å². The second kappa shape index (κ2) is 12.7. The van der Waals surface area contributed by atoms with E-state index in [0.29, 0.717) is 6.54 Å². The molecule has 2 rings (SSSR count). The van der Waals surface area contributed by atoms with Crippen LogP contribution in [0.2, 0.25) is 0 Å². The number of aryl methyl sites for hydroxylation is 1. The number of ether oxygens (including phenoxy) is 2. The summed E-state index contributed by atoms with van der Waals surface area (Å²) in [4.78, 5) is 4.36. The lowest BCUT2D eigenvalue weighted by atomic mass is 9.99. The Labute approximate surface area is 185 Å². The largest absolute Gasteiger partial charge is 0.489 e. The molecule has 0 saturated carbocycles. The summed E-state index contributed by atoms with van der Waals surface area (Å²) in [5, 5.41) is 6.88. The Kier molecular flexibility index (Phi) is 11.5. The Morgan fingerprint density at radius 3 is 2.70 bits per heavy atom. The molecule has 1 aromatic rings. The van der Waals surface area contributed by atoms with Crippen molar-refractivity contribution in [3.8, 4) is 5.75 Å². The normalized spacial score (nSPS) is 17.6. The van der Waals surface area contributed by atoms with Gasteiger partial charge >= 0.3 is 0 Å². The maximum Gasteiger partial charge on any atom is 0.191 e. The van der Waals surface area contributed by atoms with Crippen molar-refractivity contribution in [1.29, 1.82) is 0 Å². The van der Waals surface area contributed by atoms with Crippen molar-refractivity contribution >= 4 is 41.7 Å². The fourth-order valence-electron chi connectivity index (χ4n) is 3.09. The van der Waals surface area contributed by atoms with Gasteiger partial charge < -0.3 is 20.1 Å². The van der Waals surface area contributed by atoms with Gasteiger partial charge in [0, 0.05) is 31.6 Å². The summed E-state index contributed by atoms with van der Waals surface area (Å²) in [6, 6.07) is 8.14. The van der Waals surface area contributed by atoms with Crippen molar-refractivity contribution < 1.29 is 9.47 Å². The van der Waals surface area contributed by atoms with E-state index in [9.17, 15) is 0 Å². The molecule has 2 N–H and O–H groups in total. The van der Waals surface area contributed by atoms with Crippen LogP contribution in [-0.4, -0.2) is 55.9 Å². The third kappa shape index (κ3) is 8.48. The molecule has 1 saturated heterocycles. The Morgan fingerprint density at radius 2 is 2.07 bits per heavy atom. The SMILES string of the molecule is CCSC1(CNC(=NC)NCC(C)Oc2cccc(C)c2)CCOCC1.I. The van der Waals surface area contributed by atoms with E-state index < -0.39 is 0 Å². The Balaban J connectivity index is 0.00000364. The molecule has 27 heavy (non-hydrogen) atoms. The van der Waals surface area contributed by atoms with Gasteiger partial charge in [0.15, 0.2) is 5.96 Å². The molecule has 0 amide bonds. The highest BCUT2D eigenvalue weighted by atomic mass is 127. The molecule has 0 spiro atoms. The van der Waals surface area contributed by atoms with E-state index in [1.54, 1.807) is 0 Å². The molecule has 0 bridgehead atoms. The molecule has 1 atom stereocenters. The number of hydrogen-bond acceptors (Lipinski definition) is 4. The van der Waals surface area contributed by atoms with Gasteiger partial charge in [-0.15, -0.1) is 24.0 Å². The van der Waals surface area contributed by atoms with Crippen LogP contribution in [0, 0.1) is 6.92 Å². The number of guanidine groups is 1. The first-order valence-corrected chi connectivity index (χ1v) is 10.4. The number of benzene rings is 1. The first-order chi connectivity index (χ1) is 12.6. The lowest BCUT2D eigenvalue weighted by Gasteiger charge is -2.37. The maximum atomic E-state index is 5.98. The van der Waals surface area contributed by atoms with Crippen molar-refractivity contribution in [2.75, 3.05) is 39.1 Å². The van der Waals surface area contributed by atoms with Crippen LogP contribution in [0.3, 0.4) is 0 Å². The molecule has 1 unspecified atom stereocenters. The average Bonchev–Trinajstić information content (AvgIpc) is 2.63. The van der Waals surface area contributed by atoms with Crippen LogP contribution in [0.15, 0.2) is 29.3 Å². The zero-order chi connectivity index (χ0) is 18.8. The monoisotopic (exact) mass is 507 g/mol. The maximum absolute atomic E-state index is 5.98. The quantitative estimate of drug-likeness (QED) is 0.318. The number of thioether (sulfide) groups is 1. The molecule has 1 aliphatic rings. The van der Waals surface area contributed by atoms with Crippen LogP contribution in [0.1, 0.15) is 32.3 Å². The van der Waals surface area contributed by atoms with Crippen LogP contribution in [0.25, 0.3) is 0 Å². The summed E-state index contributed by atoms with van der Waals surface area (Å²) in [7, 11) is 1.81. The molecule has 1 aliphatic heterocycles. The minimum atomic E-state index is 0. The molecule has 154 valence electrons. The van der Waals surface area contributed by atoms with Gasteiger partial charge in [0.2, 0.25) is 0 Å². The number of halogens is 1. The van der Waals surface area contributed by atoms with E-state index >= 15 is 0 Å². The average molecular weight is 507 g/mol. The van der Waals surface area contributed by atoms with Gasteiger partial charge in [-0.25, -0.2) is 0 Å². The second-order valence-corrected chi connectivity index (χ2v) is 8.51. The van der Waals surface area contributed by atoms with Gasteiger partial charge in [0.1, 0.15) is 11.9 Å². The highest BCUT2D eigenvalue weighted by Gasteiger charge is 2.32. The van der Waals surface area contributed by atoms with Gasteiger partial charge in [0.05, 0.1) is 6.54 Å². The van der Waals surface area contributed by atoms with Crippen LogP contribution in [-0.2, 0) is 4.74 Å². The summed E-state index contributed by atoms with van der Waals surface area (Å²) in [6.07, 6.45) is 2.22. The summed E-state index contributed by atoms with van der Waals surface area (Å²) < 4.78 is 11.8. The van der Waals surface area contributed by atoms with Gasteiger partial charge in [-0.2, -0.15) is 11.8 Å². The number of hydrogen-bond donors (Lipinski definition) is 2. The van der Waals surface area contributed by atoms with Gasteiger partial charge in [0.25, 0.3) is 0 Å². The summed E-state index contributed by atoms with van der Waals surface area (Å²) in [5.41, 5.74) is 1.20. The van der Waals surface area contributed by atoms with E-state index in [1.807, 2.05) is 30.9 Å². The standard InChI is InChI=1S/C20H33N3O2S.HI/c1-5-26-20(9-11-24-12-10-20)15-23-19(21-4)22-14-17(3)25-18-8-6-7-16(2)13-18;/h6-8,13,17H,5,9-12,14-15H2,1-4H3,(H2,21,22,23);1H. The van der Waals surface area contributed by atoms with Crippen LogP contribution >= 0.6 is 35.7 Å². The number of rotatable bonds is 8. The molecular formula is C20H34IN3O2S. The molecule has 0 radical (unpaired) electrons. The van der Waals surface area contributed by atoms with E-state index in [1.165, 1.54) is 5.56 Å². The van der Waals surface area contributed by atoms with Crippen LogP contribution in [0.4, 0.5) is 0 Å². The highest BCUT2D eigenvalue weighted by Crippen LogP contribution is 2.34. The summed E-state index contributed by atoms with van der Waals surface area (Å²) >= 11 is 2.03. The summed E-state index contributed by atoms with van der Waals surface area (Å²) in [5.74, 6) is 2.85. The highest BCUT2D eigenvalue weighted by molar-refractivity contribution is 14.0. The van der Waals surface area contributed by atoms with E-state index in [-0.39, 0.29) is 34.8 Å². The second-order valence-electron chi connectivity index (χ2n) is 6.78. The Morgan fingerprint density at radius 1 is 1.33 bits per heavy atom. The van der Waals surface area contributed by atoms with Gasteiger partial charge in [-0.05, 0) is 50.1 Å². The topological polar surface area (TPSA) is 54.9 Å². The third-order valence-corrected chi connectivity index (χ3v) is 5.99. The number of nitrogens with one attached hydrogen (secondary N) is 2. The minimum absolute atomic E-state index is 0. The van der Waals surface area contributed by atoms with Crippen molar-refractivity contribution in [3.05, 3.63) is 29.8 Å².